The van der Waals surface area contributed by atoms with E-state index in [4.69, 9.17) is 0 Å². The molecule has 0 fully saturated rings. The summed E-state index contributed by atoms with van der Waals surface area (Å²) in [7, 11) is 0. The Bertz CT molecular complexity index is 285. The minimum absolute atomic E-state index is 0.950. The highest BCUT2D eigenvalue weighted by atomic mass is 32.2. The Hall–Kier alpha value is -0.950. The summed E-state index contributed by atoms with van der Waals surface area (Å²) in [5.41, 5.74) is 0. The summed E-state index contributed by atoms with van der Waals surface area (Å²) in [6.45, 7) is 5.81. The molecule has 0 atom stereocenters. The van der Waals surface area contributed by atoms with Crippen LogP contribution in [0.1, 0.15) is 13.3 Å². The van der Waals surface area contributed by atoms with Crippen molar-refractivity contribution in [3.63, 3.8) is 0 Å². The van der Waals surface area contributed by atoms with Gasteiger partial charge in [0.05, 0.1) is 0 Å². The second kappa shape index (κ2) is 5.65. The van der Waals surface area contributed by atoms with Crippen molar-refractivity contribution >= 4 is 11.8 Å². The van der Waals surface area contributed by atoms with Crippen LogP contribution in [0.4, 0.5) is 0 Å². The fourth-order valence-corrected chi connectivity index (χ4v) is 1.81. The highest BCUT2D eigenvalue weighted by Gasteiger charge is 1.92. The van der Waals surface area contributed by atoms with Crippen LogP contribution in [0.5, 0.6) is 0 Å². The van der Waals surface area contributed by atoms with E-state index < -0.39 is 0 Å². The van der Waals surface area contributed by atoms with E-state index in [1.165, 1.54) is 9.80 Å². The van der Waals surface area contributed by atoms with E-state index in [2.05, 4.69) is 43.8 Å². The predicted molar refractivity (Wildman–Crippen MR) is 60.9 cm³/mol. The molecule has 13 heavy (non-hydrogen) atoms. The van der Waals surface area contributed by atoms with Crippen LogP contribution in [0.15, 0.2) is 58.9 Å². The third-order valence-electron chi connectivity index (χ3n) is 1.59. The third kappa shape index (κ3) is 4.00. The monoisotopic (exact) mass is 190 g/mol. The smallest absolute Gasteiger partial charge is 0.0118 e. The van der Waals surface area contributed by atoms with Crippen LogP contribution in [0.25, 0.3) is 0 Å². The fraction of sp³-hybridized carbons (Fsp3) is 0.167. The van der Waals surface area contributed by atoms with Crippen LogP contribution in [0.2, 0.25) is 0 Å². The zero-order valence-electron chi connectivity index (χ0n) is 7.86. The summed E-state index contributed by atoms with van der Waals surface area (Å²) >= 11 is 1.80. The van der Waals surface area contributed by atoms with Gasteiger partial charge in [-0.2, -0.15) is 0 Å². The van der Waals surface area contributed by atoms with Crippen LogP contribution >= 0.6 is 11.8 Å². The first kappa shape index (κ1) is 10.1. The summed E-state index contributed by atoms with van der Waals surface area (Å²) in [5, 5.41) is 0. The molecule has 1 heteroatoms. The molecule has 0 saturated heterocycles. The average Bonchev–Trinajstić information content (AvgIpc) is 2.16. The normalized spacial score (nSPS) is 11.3. The van der Waals surface area contributed by atoms with Crippen LogP contribution in [-0.4, -0.2) is 0 Å². The van der Waals surface area contributed by atoms with Crippen LogP contribution in [0, 0.1) is 0 Å². The second-order valence-electron chi connectivity index (χ2n) is 2.75. The average molecular weight is 190 g/mol. The topological polar surface area (TPSA) is 0 Å². The van der Waals surface area contributed by atoms with E-state index in [1.54, 1.807) is 11.8 Å². The molecular weight excluding hydrogens is 176 g/mol. The van der Waals surface area contributed by atoms with E-state index in [0.29, 0.717) is 0 Å². The Balaban J connectivity index is 2.54. The van der Waals surface area contributed by atoms with Crippen molar-refractivity contribution < 1.29 is 0 Å². The van der Waals surface area contributed by atoms with Crippen molar-refractivity contribution in [1.29, 1.82) is 0 Å². The number of benzene rings is 1. The van der Waals surface area contributed by atoms with Crippen LogP contribution in [0.3, 0.4) is 0 Å². The lowest BCUT2D eigenvalue weighted by atomic mass is 10.4. The quantitative estimate of drug-likeness (QED) is 0.505. The van der Waals surface area contributed by atoms with Gasteiger partial charge in [0.2, 0.25) is 0 Å². The molecule has 0 saturated carbocycles. The largest absolute Gasteiger partial charge is 0.103 e. The van der Waals surface area contributed by atoms with Crippen molar-refractivity contribution in [2.24, 2.45) is 0 Å². The number of hydrogen-bond donors (Lipinski definition) is 0. The summed E-state index contributed by atoms with van der Waals surface area (Å²) in [4.78, 5) is 2.62. The van der Waals surface area contributed by atoms with Crippen LogP contribution < -0.4 is 0 Å². The number of hydrogen-bond acceptors (Lipinski definition) is 1. The molecular formula is C12H14S. The number of thioether (sulfide) groups is 1. The van der Waals surface area contributed by atoms with Crippen molar-refractivity contribution in [1.82, 2.24) is 0 Å². The number of allylic oxidation sites excluding steroid dienone is 3. The maximum Gasteiger partial charge on any atom is 0.0118 e. The molecule has 0 amide bonds. The van der Waals surface area contributed by atoms with Gasteiger partial charge in [0.15, 0.2) is 0 Å². The standard InChI is InChI=1S/C12H14S/c1-3-4-8-11(2)13-12-9-6-5-7-10-12/h3,5-10H,1,4H2,2H3/b11-8-. The van der Waals surface area contributed by atoms with Gasteiger partial charge in [0.1, 0.15) is 0 Å². The first-order valence-corrected chi connectivity index (χ1v) is 5.15. The first-order chi connectivity index (χ1) is 6.33. The molecule has 1 aromatic carbocycles. The fourth-order valence-electron chi connectivity index (χ4n) is 0.965. The van der Waals surface area contributed by atoms with Crippen molar-refractivity contribution in [3.05, 3.63) is 54.0 Å². The van der Waals surface area contributed by atoms with E-state index in [1.807, 2.05) is 12.1 Å². The van der Waals surface area contributed by atoms with E-state index in [0.717, 1.165) is 6.42 Å². The molecule has 1 rings (SSSR count). The Kier molecular flexibility index (Phi) is 4.41. The Morgan fingerprint density at radius 2 is 2.08 bits per heavy atom. The van der Waals surface area contributed by atoms with Gasteiger partial charge in [-0.3, -0.25) is 0 Å². The molecule has 0 nitrogen and oxygen atoms in total. The molecule has 0 unspecified atom stereocenters. The Morgan fingerprint density at radius 3 is 2.69 bits per heavy atom. The summed E-state index contributed by atoms with van der Waals surface area (Å²) < 4.78 is 0. The highest BCUT2D eigenvalue weighted by Crippen LogP contribution is 2.25. The lowest BCUT2D eigenvalue weighted by Gasteiger charge is -1.99. The molecule has 0 aliphatic rings. The maximum absolute atomic E-state index is 3.69. The zero-order valence-corrected chi connectivity index (χ0v) is 8.68. The summed E-state index contributed by atoms with van der Waals surface area (Å²) in [6.07, 6.45) is 5.05. The Labute approximate surface area is 84.4 Å². The minimum Gasteiger partial charge on any atom is -0.103 e. The second-order valence-corrected chi connectivity index (χ2v) is 4.07. The Morgan fingerprint density at radius 1 is 1.38 bits per heavy atom. The van der Waals surface area contributed by atoms with Gasteiger partial charge in [-0.25, -0.2) is 0 Å². The first-order valence-electron chi connectivity index (χ1n) is 4.33. The molecule has 0 radical (unpaired) electrons. The van der Waals surface area contributed by atoms with Gasteiger partial charge in [-0.05, 0) is 30.4 Å². The van der Waals surface area contributed by atoms with Crippen molar-refractivity contribution in [2.45, 2.75) is 18.2 Å². The summed E-state index contributed by atoms with van der Waals surface area (Å²) in [6, 6.07) is 10.4. The van der Waals surface area contributed by atoms with Crippen molar-refractivity contribution in [3.8, 4) is 0 Å². The van der Waals surface area contributed by atoms with Gasteiger partial charge in [0, 0.05) is 4.90 Å². The lowest BCUT2D eigenvalue weighted by Crippen LogP contribution is -1.71. The number of rotatable bonds is 4. The van der Waals surface area contributed by atoms with Gasteiger partial charge in [-0.15, -0.1) is 6.58 Å². The van der Waals surface area contributed by atoms with Gasteiger partial charge in [0.25, 0.3) is 0 Å². The molecule has 0 aliphatic carbocycles. The highest BCUT2D eigenvalue weighted by molar-refractivity contribution is 8.03. The predicted octanol–water partition coefficient (Wildman–Crippen LogP) is 4.26. The molecule has 0 N–H and O–H groups in total. The lowest BCUT2D eigenvalue weighted by molar-refractivity contribution is 1.37. The van der Waals surface area contributed by atoms with E-state index >= 15 is 0 Å². The molecule has 0 heterocycles. The van der Waals surface area contributed by atoms with E-state index in [9.17, 15) is 0 Å². The van der Waals surface area contributed by atoms with Crippen LogP contribution in [-0.2, 0) is 0 Å². The maximum atomic E-state index is 3.69. The zero-order chi connectivity index (χ0) is 9.52. The third-order valence-corrected chi connectivity index (χ3v) is 2.59. The van der Waals surface area contributed by atoms with Gasteiger partial charge >= 0.3 is 0 Å². The van der Waals surface area contributed by atoms with Crippen molar-refractivity contribution in [2.75, 3.05) is 0 Å². The summed E-state index contributed by atoms with van der Waals surface area (Å²) in [5.74, 6) is 0. The molecule has 0 aromatic heterocycles. The molecule has 68 valence electrons. The molecule has 0 aliphatic heterocycles. The molecule has 0 bridgehead atoms. The SMILES string of the molecule is C=CC/C=C(/C)Sc1ccccc1. The van der Waals surface area contributed by atoms with Gasteiger partial charge < -0.3 is 0 Å². The van der Waals surface area contributed by atoms with E-state index in [-0.39, 0.29) is 0 Å². The molecule has 1 aromatic rings. The van der Waals surface area contributed by atoms with Gasteiger partial charge in [-0.1, -0.05) is 42.1 Å². The molecule has 0 spiro atoms. The minimum atomic E-state index is 0.950.